The van der Waals surface area contributed by atoms with E-state index in [0.717, 1.165) is 24.0 Å². The van der Waals surface area contributed by atoms with Gasteiger partial charge in [-0.15, -0.1) is 0 Å². The summed E-state index contributed by atoms with van der Waals surface area (Å²) < 4.78 is 32.9. The molecule has 1 fully saturated rings. The van der Waals surface area contributed by atoms with Gasteiger partial charge in [0.2, 0.25) is 21.7 Å². The first-order chi connectivity index (χ1) is 13.4. The van der Waals surface area contributed by atoms with Crippen LogP contribution in [0, 0.1) is 6.92 Å². The Morgan fingerprint density at radius 1 is 1.18 bits per heavy atom. The van der Waals surface area contributed by atoms with Gasteiger partial charge in [0, 0.05) is 23.7 Å². The number of rotatable bonds is 4. The molecule has 0 aliphatic carbocycles. The zero-order valence-electron chi connectivity index (χ0n) is 15.4. The van der Waals surface area contributed by atoms with Crippen molar-refractivity contribution >= 4 is 21.6 Å². The van der Waals surface area contributed by atoms with Gasteiger partial charge in [-0.2, -0.15) is 9.29 Å². The summed E-state index contributed by atoms with van der Waals surface area (Å²) in [6.45, 7) is 2.79. The summed E-state index contributed by atoms with van der Waals surface area (Å²) >= 11 is 5.97. The van der Waals surface area contributed by atoms with Crippen molar-refractivity contribution in [2.24, 2.45) is 0 Å². The first kappa shape index (κ1) is 19.1. The summed E-state index contributed by atoms with van der Waals surface area (Å²) in [5, 5.41) is 4.47. The van der Waals surface area contributed by atoms with E-state index in [1.807, 2.05) is 31.2 Å². The van der Waals surface area contributed by atoms with E-state index in [1.165, 1.54) is 10.4 Å². The lowest BCUT2D eigenvalue weighted by atomic mass is 10.00. The molecule has 4 rings (SSSR count). The Labute approximate surface area is 169 Å². The molecule has 0 amide bonds. The normalized spacial score (nSPS) is 18.3. The van der Waals surface area contributed by atoms with Crippen LogP contribution in [-0.2, 0) is 10.0 Å². The van der Waals surface area contributed by atoms with Crippen LogP contribution in [-0.4, -0.2) is 36.0 Å². The number of benzene rings is 2. The number of nitrogens with zero attached hydrogens (tertiary/aromatic N) is 3. The van der Waals surface area contributed by atoms with Crippen LogP contribution in [0.2, 0.25) is 5.02 Å². The first-order valence-electron chi connectivity index (χ1n) is 9.10. The highest BCUT2D eigenvalue weighted by Gasteiger charge is 2.33. The lowest BCUT2D eigenvalue weighted by molar-refractivity contribution is 0.265. The summed E-state index contributed by atoms with van der Waals surface area (Å²) in [7, 11) is -3.62. The topological polar surface area (TPSA) is 76.3 Å². The molecule has 6 nitrogen and oxygen atoms in total. The molecule has 146 valence electrons. The smallest absolute Gasteiger partial charge is 0.243 e. The third-order valence-electron chi connectivity index (χ3n) is 4.92. The summed E-state index contributed by atoms with van der Waals surface area (Å²) in [4.78, 5) is 4.72. The van der Waals surface area contributed by atoms with Gasteiger partial charge in [-0.3, -0.25) is 0 Å². The molecule has 0 N–H and O–H groups in total. The standard InChI is InChI=1S/C20H20ClN3O3S/c1-14-7-9-15(10-8-14)19-22-20(27-23-19)16-4-3-11-24(13-16)28(25,26)18-6-2-5-17(21)12-18/h2,5-10,12,16H,3-4,11,13H2,1H3/t16-/m0/s1. The zero-order chi connectivity index (χ0) is 19.7. The highest BCUT2D eigenvalue weighted by Crippen LogP contribution is 2.31. The minimum atomic E-state index is -3.62. The number of hydrogen-bond donors (Lipinski definition) is 0. The third kappa shape index (κ3) is 3.83. The van der Waals surface area contributed by atoms with Gasteiger partial charge in [0.15, 0.2) is 0 Å². The molecule has 0 saturated carbocycles. The molecule has 8 heteroatoms. The van der Waals surface area contributed by atoms with Gasteiger partial charge in [0.1, 0.15) is 0 Å². The van der Waals surface area contributed by atoms with Gasteiger partial charge in [0.25, 0.3) is 0 Å². The van der Waals surface area contributed by atoms with Gasteiger partial charge in [0.05, 0.1) is 10.8 Å². The van der Waals surface area contributed by atoms with Crippen LogP contribution < -0.4 is 0 Å². The molecular weight excluding hydrogens is 398 g/mol. The van der Waals surface area contributed by atoms with Crippen molar-refractivity contribution in [2.75, 3.05) is 13.1 Å². The summed E-state index contributed by atoms with van der Waals surface area (Å²) in [5.74, 6) is 0.862. The predicted octanol–water partition coefficient (Wildman–Crippen LogP) is 4.27. The van der Waals surface area contributed by atoms with Crippen molar-refractivity contribution in [1.29, 1.82) is 0 Å². The van der Waals surface area contributed by atoms with Crippen LogP contribution in [0.3, 0.4) is 0 Å². The number of halogens is 1. The zero-order valence-corrected chi connectivity index (χ0v) is 16.9. The Kier molecular flexibility index (Phi) is 5.23. The van der Waals surface area contributed by atoms with Gasteiger partial charge < -0.3 is 4.52 Å². The van der Waals surface area contributed by atoms with E-state index in [9.17, 15) is 8.42 Å². The Balaban J connectivity index is 1.55. The van der Waals surface area contributed by atoms with Gasteiger partial charge in [-0.25, -0.2) is 8.42 Å². The molecule has 1 aliphatic heterocycles. The second-order valence-corrected chi connectivity index (χ2v) is 9.36. The van der Waals surface area contributed by atoms with Crippen LogP contribution in [0.5, 0.6) is 0 Å². The van der Waals surface area contributed by atoms with E-state index in [1.54, 1.807) is 18.2 Å². The van der Waals surface area contributed by atoms with Crippen molar-refractivity contribution in [1.82, 2.24) is 14.4 Å². The highest BCUT2D eigenvalue weighted by molar-refractivity contribution is 7.89. The average Bonchev–Trinajstić information content (AvgIpc) is 3.19. The lowest BCUT2D eigenvalue weighted by Gasteiger charge is -2.30. The number of aryl methyl sites for hydroxylation is 1. The fraction of sp³-hybridized carbons (Fsp3) is 0.300. The molecule has 0 bridgehead atoms. The van der Waals surface area contributed by atoms with Crippen molar-refractivity contribution in [3.63, 3.8) is 0 Å². The van der Waals surface area contributed by atoms with Gasteiger partial charge in [-0.1, -0.05) is 52.7 Å². The van der Waals surface area contributed by atoms with Crippen molar-refractivity contribution in [3.8, 4) is 11.4 Å². The van der Waals surface area contributed by atoms with Crippen LogP contribution in [0.1, 0.15) is 30.2 Å². The number of aromatic nitrogens is 2. The molecule has 0 unspecified atom stereocenters. The number of sulfonamides is 1. The van der Waals surface area contributed by atoms with Crippen molar-refractivity contribution in [2.45, 2.75) is 30.6 Å². The van der Waals surface area contributed by atoms with Crippen LogP contribution in [0.25, 0.3) is 11.4 Å². The van der Waals surface area contributed by atoms with Gasteiger partial charge >= 0.3 is 0 Å². The highest BCUT2D eigenvalue weighted by atomic mass is 35.5. The van der Waals surface area contributed by atoms with Crippen molar-refractivity contribution in [3.05, 3.63) is 65.0 Å². The Morgan fingerprint density at radius 3 is 2.71 bits per heavy atom. The molecule has 2 aromatic carbocycles. The predicted molar refractivity (Wildman–Crippen MR) is 107 cm³/mol. The second-order valence-electron chi connectivity index (χ2n) is 6.98. The fourth-order valence-electron chi connectivity index (χ4n) is 3.36. The van der Waals surface area contributed by atoms with Gasteiger partial charge in [-0.05, 0) is 38.0 Å². The largest absolute Gasteiger partial charge is 0.339 e. The van der Waals surface area contributed by atoms with Crippen LogP contribution in [0.4, 0.5) is 0 Å². The monoisotopic (exact) mass is 417 g/mol. The van der Waals surface area contributed by atoms with E-state index in [4.69, 9.17) is 16.1 Å². The molecule has 1 aliphatic rings. The summed E-state index contributed by atoms with van der Waals surface area (Å²) in [6, 6.07) is 14.2. The third-order valence-corrected chi connectivity index (χ3v) is 7.01. The quantitative estimate of drug-likeness (QED) is 0.633. The van der Waals surface area contributed by atoms with Crippen LogP contribution >= 0.6 is 11.6 Å². The Morgan fingerprint density at radius 2 is 1.96 bits per heavy atom. The molecular formula is C20H20ClN3O3S. The maximum atomic E-state index is 13.0. The Bertz CT molecular complexity index is 1080. The molecule has 1 atom stereocenters. The maximum Gasteiger partial charge on any atom is 0.243 e. The summed E-state index contributed by atoms with van der Waals surface area (Å²) in [5.41, 5.74) is 2.03. The molecule has 1 aromatic heterocycles. The molecule has 0 spiro atoms. The van der Waals surface area contributed by atoms with E-state index in [0.29, 0.717) is 29.8 Å². The second kappa shape index (κ2) is 7.66. The molecule has 1 saturated heterocycles. The van der Waals surface area contributed by atoms with E-state index in [-0.39, 0.29) is 10.8 Å². The SMILES string of the molecule is Cc1ccc(-c2noc([C@H]3CCCN(S(=O)(=O)c4cccc(Cl)c4)C3)n2)cc1. The first-order valence-corrected chi connectivity index (χ1v) is 10.9. The van der Waals surface area contributed by atoms with E-state index < -0.39 is 10.0 Å². The minimum absolute atomic E-state index is 0.130. The lowest BCUT2D eigenvalue weighted by Crippen LogP contribution is -2.39. The Hall–Kier alpha value is -2.22. The minimum Gasteiger partial charge on any atom is -0.339 e. The molecule has 28 heavy (non-hydrogen) atoms. The molecule has 3 aromatic rings. The average molecular weight is 418 g/mol. The van der Waals surface area contributed by atoms with Crippen molar-refractivity contribution < 1.29 is 12.9 Å². The summed E-state index contributed by atoms with van der Waals surface area (Å²) in [6.07, 6.45) is 1.53. The maximum absolute atomic E-state index is 13.0. The van der Waals surface area contributed by atoms with Crippen LogP contribution in [0.15, 0.2) is 57.9 Å². The van der Waals surface area contributed by atoms with E-state index >= 15 is 0 Å². The van der Waals surface area contributed by atoms with E-state index in [2.05, 4.69) is 10.1 Å². The number of hydrogen-bond acceptors (Lipinski definition) is 5. The molecule has 2 heterocycles. The molecule has 0 radical (unpaired) electrons. The number of piperidine rings is 1. The fourth-order valence-corrected chi connectivity index (χ4v) is 5.18.